The van der Waals surface area contributed by atoms with E-state index in [-0.39, 0.29) is 11.8 Å². The van der Waals surface area contributed by atoms with Gasteiger partial charge >= 0.3 is 5.97 Å². The van der Waals surface area contributed by atoms with Crippen molar-refractivity contribution in [3.8, 4) is 0 Å². The lowest BCUT2D eigenvalue weighted by molar-refractivity contribution is -0.142. The van der Waals surface area contributed by atoms with Crippen LogP contribution in [0, 0.1) is 18.8 Å². The minimum Gasteiger partial charge on any atom is -0.481 e. The molecule has 1 heterocycles. The summed E-state index contributed by atoms with van der Waals surface area (Å²) >= 11 is 0. The number of carboxylic acids is 1. The summed E-state index contributed by atoms with van der Waals surface area (Å²) in [5, 5.41) is 9.44. The third-order valence-corrected chi connectivity index (χ3v) is 4.52. The predicted octanol–water partition coefficient (Wildman–Crippen LogP) is 3.10. The molecule has 4 nitrogen and oxygen atoms in total. The molecule has 0 radical (unpaired) electrons. The third-order valence-electron chi connectivity index (χ3n) is 4.52. The Morgan fingerprint density at radius 1 is 1.40 bits per heavy atom. The number of hydrogen-bond acceptors (Lipinski definition) is 2. The third kappa shape index (κ3) is 1.99. The van der Waals surface area contributed by atoms with Crippen molar-refractivity contribution in [2.24, 2.45) is 18.9 Å². The number of aromatic nitrogens is 2. The van der Waals surface area contributed by atoms with Crippen LogP contribution in [0.15, 0.2) is 18.2 Å². The van der Waals surface area contributed by atoms with Crippen LogP contribution in [0.4, 0.5) is 0 Å². The van der Waals surface area contributed by atoms with Gasteiger partial charge in [-0.15, -0.1) is 0 Å². The van der Waals surface area contributed by atoms with Gasteiger partial charge in [-0.1, -0.05) is 13.0 Å². The van der Waals surface area contributed by atoms with Crippen LogP contribution in [-0.4, -0.2) is 20.6 Å². The normalized spacial score (nSPS) is 26.2. The van der Waals surface area contributed by atoms with Crippen molar-refractivity contribution < 1.29 is 9.90 Å². The number of rotatable bonds is 2. The lowest BCUT2D eigenvalue weighted by Gasteiger charge is -2.15. The first kappa shape index (κ1) is 13.2. The average Bonchev–Trinajstić information content (AvgIpc) is 2.90. The molecule has 3 rings (SSSR count). The predicted molar refractivity (Wildman–Crippen MR) is 77.7 cm³/mol. The molecule has 4 heteroatoms. The average molecular weight is 272 g/mol. The van der Waals surface area contributed by atoms with E-state index < -0.39 is 5.97 Å². The van der Waals surface area contributed by atoms with Gasteiger partial charge in [0.15, 0.2) is 0 Å². The second-order valence-corrected chi connectivity index (χ2v) is 6.15. The van der Waals surface area contributed by atoms with E-state index in [0.29, 0.717) is 5.92 Å². The summed E-state index contributed by atoms with van der Waals surface area (Å²) in [6.45, 7) is 4.17. The quantitative estimate of drug-likeness (QED) is 0.914. The van der Waals surface area contributed by atoms with E-state index in [0.717, 1.165) is 29.7 Å². The molecular weight excluding hydrogens is 252 g/mol. The molecule has 1 fully saturated rings. The van der Waals surface area contributed by atoms with Crippen LogP contribution in [0.5, 0.6) is 0 Å². The number of carbonyl (C=O) groups is 1. The molecule has 1 N–H and O–H groups in total. The lowest BCUT2D eigenvalue weighted by atomic mass is 9.95. The molecular formula is C16H20N2O2. The van der Waals surface area contributed by atoms with Crippen LogP contribution in [0.3, 0.4) is 0 Å². The maximum Gasteiger partial charge on any atom is 0.307 e. The van der Waals surface area contributed by atoms with Crippen molar-refractivity contribution in [2.45, 2.75) is 32.6 Å². The molecule has 0 amide bonds. The van der Waals surface area contributed by atoms with Gasteiger partial charge in [0.1, 0.15) is 5.82 Å². The van der Waals surface area contributed by atoms with Crippen molar-refractivity contribution in [3.63, 3.8) is 0 Å². The van der Waals surface area contributed by atoms with E-state index in [9.17, 15) is 9.90 Å². The first-order valence-corrected chi connectivity index (χ1v) is 7.13. The SMILES string of the molecule is Cc1ccc2c(c1)nc(C1CC(C)CC1C(=O)O)n2C. The molecule has 1 aromatic carbocycles. The minimum atomic E-state index is -0.692. The van der Waals surface area contributed by atoms with Crippen LogP contribution < -0.4 is 0 Å². The highest BCUT2D eigenvalue weighted by atomic mass is 16.4. The number of aliphatic carboxylic acids is 1. The van der Waals surface area contributed by atoms with Crippen molar-refractivity contribution in [3.05, 3.63) is 29.6 Å². The summed E-state index contributed by atoms with van der Waals surface area (Å²) in [6.07, 6.45) is 1.66. The molecule has 1 aliphatic carbocycles. The van der Waals surface area contributed by atoms with Gasteiger partial charge in [0.2, 0.25) is 0 Å². The topological polar surface area (TPSA) is 55.1 Å². The van der Waals surface area contributed by atoms with E-state index in [1.54, 1.807) is 0 Å². The van der Waals surface area contributed by atoms with E-state index in [2.05, 4.69) is 29.7 Å². The molecule has 0 bridgehead atoms. The molecule has 1 saturated carbocycles. The second-order valence-electron chi connectivity index (χ2n) is 6.15. The minimum absolute atomic E-state index is 0.0280. The highest BCUT2D eigenvalue weighted by Crippen LogP contribution is 2.43. The van der Waals surface area contributed by atoms with Crippen molar-refractivity contribution in [1.82, 2.24) is 9.55 Å². The molecule has 106 valence electrons. The Morgan fingerprint density at radius 2 is 2.15 bits per heavy atom. The van der Waals surface area contributed by atoms with Crippen molar-refractivity contribution in [2.75, 3.05) is 0 Å². The number of aryl methyl sites for hydroxylation is 2. The number of nitrogens with zero attached hydrogens (tertiary/aromatic N) is 2. The fourth-order valence-electron chi connectivity index (χ4n) is 3.51. The standard InChI is InChI=1S/C16H20N2O2/c1-9-4-5-14-13(8-9)17-15(18(14)3)11-6-10(2)7-12(11)16(19)20/h4-5,8,10-12H,6-7H2,1-3H3,(H,19,20). The van der Waals surface area contributed by atoms with Gasteiger partial charge in [0.05, 0.1) is 17.0 Å². The van der Waals surface area contributed by atoms with Crippen molar-refractivity contribution >= 4 is 17.0 Å². The van der Waals surface area contributed by atoms with Gasteiger partial charge in [-0.25, -0.2) is 4.98 Å². The number of fused-ring (bicyclic) bond motifs is 1. The van der Waals surface area contributed by atoms with Gasteiger partial charge in [0, 0.05) is 13.0 Å². The Balaban J connectivity index is 2.09. The van der Waals surface area contributed by atoms with Crippen LogP contribution >= 0.6 is 0 Å². The first-order chi connectivity index (χ1) is 9.47. The monoisotopic (exact) mass is 272 g/mol. The fourth-order valence-corrected chi connectivity index (χ4v) is 3.51. The molecule has 3 atom stereocenters. The summed E-state index contributed by atoms with van der Waals surface area (Å²) in [5.74, 6) is 0.398. The molecule has 2 aromatic rings. The molecule has 0 aliphatic heterocycles. The highest BCUT2D eigenvalue weighted by molar-refractivity contribution is 5.77. The maximum atomic E-state index is 11.5. The summed E-state index contributed by atoms with van der Waals surface area (Å²) < 4.78 is 2.06. The fraction of sp³-hybridized carbons (Fsp3) is 0.500. The molecule has 1 aromatic heterocycles. The van der Waals surface area contributed by atoms with E-state index in [4.69, 9.17) is 4.98 Å². The zero-order valence-corrected chi connectivity index (χ0v) is 12.1. The Hall–Kier alpha value is -1.84. The number of hydrogen-bond donors (Lipinski definition) is 1. The second kappa shape index (κ2) is 4.62. The van der Waals surface area contributed by atoms with Crippen molar-refractivity contribution in [1.29, 1.82) is 0 Å². The van der Waals surface area contributed by atoms with Crippen LogP contribution in [0.1, 0.15) is 37.1 Å². The molecule has 3 unspecified atom stereocenters. The zero-order valence-electron chi connectivity index (χ0n) is 12.1. The van der Waals surface area contributed by atoms with Gasteiger partial charge in [-0.3, -0.25) is 4.79 Å². The lowest BCUT2D eigenvalue weighted by Crippen LogP contribution is -2.19. The van der Waals surface area contributed by atoms with Gasteiger partial charge in [0.25, 0.3) is 0 Å². The van der Waals surface area contributed by atoms with Gasteiger partial charge < -0.3 is 9.67 Å². The largest absolute Gasteiger partial charge is 0.481 e. The van der Waals surface area contributed by atoms with Crippen LogP contribution in [-0.2, 0) is 11.8 Å². The highest BCUT2D eigenvalue weighted by Gasteiger charge is 2.40. The Kier molecular flexibility index (Phi) is 3.04. The molecule has 0 spiro atoms. The summed E-state index contributed by atoms with van der Waals surface area (Å²) in [6, 6.07) is 6.20. The van der Waals surface area contributed by atoms with Gasteiger partial charge in [-0.2, -0.15) is 0 Å². The Morgan fingerprint density at radius 3 is 2.85 bits per heavy atom. The summed E-state index contributed by atoms with van der Waals surface area (Å²) in [4.78, 5) is 16.2. The molecule has 20 heavy (non-hydrogen) atoms. The summed E-state index contributed by atoms with van der Waals surface area (Å²) in [7, 11) is 1.99. The van der Waals surface area contributed by atoms with E-state index in [1.807, 2.05) is 14.0 Å². The Labute approximate surface area is 118 Å². The number of carboxylic acid groups (broad SMARTS) is 1. The Bertz CT molecular complexity index is 674. The van der Waals surface area contributed by atoms with E-state index in [1.165, 1.54) is 5.56 Å². The van der Waals surface area contributed by atoms with E-state index >= 15 is 0 Å². The van der Waals surface area contributed by atoms with Crippen LogP contribution in [0.2, 0.25) is 0 Å². The van der Waals surface area contributed by atoms with Crippen LogP contribution in [0.25, 0.3) is 11.0 Å². The molecule has 0 saturated heterocycles. The first-order valence-electron chi connectivity index (χ1n) is 7.13. The number of imidazole rings is 1. The molecule has 1 aliphatic rings. The number of benzene rings is 1. The zero-order chi connectivity index (χ0) is 14.4. The smallest absolute Gasteiger partial charge is 0.307 e. The van der Waals surface area contributed by atoms with Gasteiger partial charge in [-0.05, 0) is 43.4 Å². The summed E-state index contributed by atoms with van der Waals surface area (Å²) in [5.41, 5.74) is 3.22. The maximum absolute atomic E-state index is 11.5.